The van der Waals surface area contributed by atoms with E-state index in [1.54, 1.807) is 0 Å². The van der Waals surface area contributed by atoms with Crippen LogP contribution in [-0.4, -0.2) is 0 Å². The lowest BCUT2D eigenvalue weighted by Gasteiger charge is -2.15. The first-order valence-electron chi connectivity index (χ1n) is 7.34. The molecule has 0 amide bonds. The second-order valence-corrected chi connectivity index (χ2v) is 5.12. The van der Waals surface area contributed by atoms with Crippen LogP contribution in [0.15, 0.2) is 72.5 Å². The molecule has 2 N–H and O–H groups in total. The quantitative estimate of drug-likeness (QED) is 0.771. The van der Waals surface area contributed by atoms with E-state index < -0.39 is 0 Å². The van der Waals surface area contributed by atoms with Gasteiger partial charge in [0.25, 0.3) is 0 Å². The second kappa shape index (κ2) is 7.54. The fourth-order valence-electron chi connectivity index (χ4n) is 2.28. The molecule has 1 aliphatic rings. The topological polar surface area (TPSA) is 26.0 Å². The first-order chi connectivity index (χ1) is 9.79. The van der Waals surface area contributed by atoms with Crippen molar-refractivity contribution in [3.8, 4) is 0 Å². The SMILES string of the molecule is CC/C=C\C=C/Cc1ccc(C2C=CC(N)=CC2)cc1. The largest absolute Gasteiger partial charge is 0.399 e. The highest BCUT2D eigenvalue weighted by Crippen LogP contribution is 2.25. The molecule has 0 aromatic heterocycles. The van der Waals surface area contributed by atoms with Gasteiger partial charge in [-0.15, -0.1) is 0 Å². The zero-order valence-electron chi connectivity index (χ0n) is 12.1. The van der Waals surface area contributed by atoms with Gasteiger partial charge in [-0.1, -0.05) is 67.6 Å². The lowest BCUT2D eigenvalue weighted by Crippen LogP contribution is -2.03. The van der Waals surface area contributed by atoms with Gasteiger partial charge in [-0.05, 0) is 36.5 Å². The van der Waals surface area contributed by atoms with Crippen molar-refractivity contribution in [3.05, 3.63) is 83.6 Å². The van der Waals surface area contributed by atoms with Crippen molar-refractivity contribution in [2.24, 2.45) is 5.73 Å². The highest BCUT2D eigenvalue weighted by atomic mass is 14.6. The first-order valence-corrected chi connectivity index (χ1v) is 7.34. The molecule has 2 rings (SSSR count). The van der Waals surface area contributed by atoms with Gasteiger partial charge in [0.1, 0.15) is 0 Å². The van der Waals surface area contributed by atoms with Crippen LogP contribution in [0, 0.1) is 0 Å². The minimum absolute atomic E-state index is 0.472. The zero-order chi connectivity index (χ0) is 14.2. The molecule has 0 radical (unpaired) electrons. The first kappa shape index (κ1) is 14.4. The Bertz CT molecular complexity index is 529. The fourth-order valence-corrected chi connectivity index (χ4v) is 2.28. The summed E-state index contributed by atoms with van der Waals surface area (Å²) >= 11 is 0. The van der Waals surface area contributed by atoms with Crippen LogP contribution >= 0.6 is 0 Å². The van der Waals surface area contributed by atoms with Crippen molar-refractivity contribution < 1.29 is 0 Å². The summed E-state index contributed by atoms with van der Waals surface area (Å²) in [5.41, 5.74) is 9.34. The Morgan fingerprint density at radius 2 is 1.90 bits per heavy atom. The minimum atomic E-state index is 0.472. The average Bonchev–Trinajstić information content (AvgIpc) is 2.49. The maximum Gasteiger partial charge on any atom is 0.0270 e. The van der Waals surface area contributed by atoms with E-state index in [9.17, 15) is 0 Å². The van der Waals surface area contributed by atoms with Crippen molar-refractivity contribution in [1.82, 2.24) is 0 Å². The van der Waals surface area contributed by atoms with Gasteiger partial charge in [0.2, 0.25) is 0 Å². The van der Waals surface area contributed by atoms with E-state index in [4.69, 9.17) is 5.73 Å². The molecule has 0 spiro atoms. The number of rotatable bonds is 5. The third-order valence-electron chi connectivity index (χ3n) is 3.51. The lowest BCUT2D eigenvalue weighted by atomic mass is 9.91. The number of hydrogen-bond donors (Lipinski definition) is 1. The highest BCUT2D eigenvalue weighted by molar-refractivity contribution is 5.33. The van der Waals surface area contributed by atoms with Crippen molar-refractivity contribution in [3.63, 3.8) is 0 Å². The molecule has 1 heteroatoms. The van der Waals surface area contributed by atoms with Crippen LogP contribution in [0.3, 0.4) is 0 Å². The third-order valence-corrected chi connectivity index (χ3v) is 3.51. The summed E-state index contributed by atoms with van der Waals surface area (Å²) in [5, 5.41) is 0. The molecular weight excluding hydrogens is 242 g/mol. The molecule has 1 nitrogen and oxygen atoms in total. The molecule has 0 heterocycles. The van der Waals surface area contributed by atoms with Gasteiger partial charge < -0.3 is 5.73 Å². The van der Waals surface area contributed by atoms with E-state index >= 15 is 0 Å². The molecule has 1 aliphatic carbocycles. The predicted octanol–water partition coefficient (Wildman–Crippen LogP) is 4.64. The fraction of sp³-hybridized carbons (Fsp3) is 0.263. The standard InChI is InChI=1S/C19H23N/c1-2-3-4-5-6-7-16-8-10-17(11-9-16)18-12-14-19(20)15-13-18/h3-6,8-12,14-15,18H,2,7,13,20H2,1H3/b4-3-,6-5-. The average molecular weight is 265 g/mol. The Labute approximate surface area is 122 Å². The van der Waals surface area contributed by atoms with Crippen LogP contribution < -0.4 is 5.73 Å². The van der Waals surface area contributed by atoms with Gasteiger partial charge in [0.15, 0.2) is 0 Å². The Morgan fingerprint density at radius 3 is 2.55 bits per heavy atom. The molecule has 0 fully saturated rings. The van der Waals surface area contributed by atoms with Gasteiger partial charge in [-0.2, -0.15) is 0 Å². The van der Waals surface area contributed by atoms with Crippen molar-refractivity contribution in [1.29, 1.82) is 0 Å². The van der Waals surface area contributed by atoms with Gasteiger partial charge >= 0.3 is 0 Å². The Kier molecular flexibility index (Phi) is 5.43. The summed E-state index contributed by atoms with van der Waals surface area (Å²) in [6.45, 7) is 2.14. The monoisotopic (exact) mass is 265 g/mol. The van der Waals surface area contributed by atoms with E-state index in [-0.39, 0.29) is 0 Å². The van der Waals surface area contributed by atoms with Crippen LogP contribution in [0.2, 0.25) is 0 Å². The van der Waals surface area contributed by atoms with E-state index in [2.05, 4.69) is 67.6 Å². The molecule has 1 aromatic carbocycles. The molecule has 1 atom stereocenters. The zero-order valence-corrected chi connectivity index (χ0v) is 12.1. The van der Waals surface area contributed by atoms with E-state index in [0.717, 1.165) is 25.0 Å². The van der Waals surface area contributed by atoms with Crippen LogP contribution in [-0.2, 0) is 6.42 Å². The number of hydrogen-bond acceptors (Lipinski definition) is 1. The normalized spacial score (nSPS) is 18.9. The van der Waals surface area contributed by atoms with Crippen molar-refractivity contribution in [2.45, 2.75) is 32.1 Å². The van der Waals surface area contributed by atoms with E-state index in [1.165, 1.54) is 11.1 Å². The van der Waals surface area contributed by atoms with Crippen LogP contribution in [0.1, 0.15) is 36.8 Å². The minimum Gasteiger partial charge on any atom is -0.399 e. The molecule has 20 heavy (non-hydrogen) atoms. The summed E-state index contributed by atoms with van der Waals surface area (Å²) < 4.78 is 0. The lowest BCUT2D eigenvalue weighted by molar-refractivity contribution is 0.842. The molecule has 0 aliphatic heterocycles. The second-order valence-electron chi connectivity index (χ2n) is 5.12. The summed E-state index contributed by atoms with van der Waals surface area (Å²) in [6, 6.07) is 8.91. The number of benzene rings is 1. The molecule has 1 unspecified atom stereocenters. The van der Waals surface area contributed by atoms with Crippen LogP contribution in [0.5, 0.6) is 0 Å². The Morgan fingerprint density at radius 1 is 1.15 bits per heavy atom. The summed E-state index contributed by atoms with van der Waals surface area (Å²) in [5.74, 6) is 0.472. The molecule has 0 saturated heterocycles. The molecule has 1 aromatic rings. The molecular formula is C19H23N. The molecule has 104 valence electrons. The molecule has 0 saturated carbocycles. The maximum atomic E-state index is 5.75. The number of allylic oxidation sites excluding steroid dienone is 7. The highest BCUT2D eigenvalue weighted by Gasteiger charge is 2.09. The Balaban J connectivity index is 1.92. The summed E-state index contributed by atoms with van der Waals surface area (Å²) in [7, 11) is 0. The van der Waals surface area contributed by atoms with Crippen molar-refractivity contribution in [2.75, 3.05) is 0 Å². The predicted molar refractivity (Wildman–Crippen MR) is 87.5 cm³/mol. The van der Waals surface area contributed by atoms with Crippen LogP contribution in [0.25, 0.3) is 0 Å². The van der Waals surface area contributed by atoms with E-state index in [0.29, 0.717) is 5.92 Å². The summed E-state index contributed by atoms with van der Waals surface area (Å²) in [4.78, 5) is 0. The van der Waals surface area contributed by atoms with Gasteiger partial charge in [0, 0.05) is 11.6 Å². The third kappa shape index (κ3) is 4.27. The van der Waals surface area contributed by atoms with Gasteiger partial charge in [-0.25, -0.2) is 0 Å². The van der Waals surface area contributed by atoms with Crippen molar-refractivity contribution >= 4 is 0 Å². The maximum absolute atomic E-state index is 5.75. The number of nitrogens with two attached hydrogens (primary N) is 1. The molecule has 0 bridgehead atoms. The summed E-state index contributed by atoms with van der Waals surface area (Å²) in [6.07, 6.45) is 18.0. The van der Waals surface area contributed by atoms with Gasteiger partial charge in [0.05, 0.1) is 0 Å². The van der Waals surface area contributed by atoms with E-state index in [1.807, 2.05) is 6.08 Å². The smallest absolute Gasteiger partial charge is 0.0270 e. The Hall–Kier alpha value is -2.02. The van der Waals surface area contributed by atoms with Crippen LogP contribution in [0.4, 0.5) is 0 Å². The van der Waals surface area contributed by atoms with Gasteiger partial charge in [-0.3, -0.25) is 0 Å².